The summed E-state index contributed by atoms with van der Waals surface area (Å²) >= 11 is 1.31. The first kappa shape index (κ1) is 18.6. The van der Waals surface area contributed by atoms with Crippen LogP contribution in [0.2, 0.25) is 0 Å². The standard InChI is InChI=1S/C19H18F3N5OS/c20-19(21,22)16-9-13(15-4-2-8-29-15)23-17-10-14(24-27(16)17)18(28)26-7-6-25-5-1-3-12(25)11-26/h2,4,8-10,12H,1,3,5-7,11H2. The van der Waals surface area contributed by atoms with E-state index in [-0.39, 0.29) is 22.9 Å². The Morgan fingerprint density at radius 1 is 1.21 bits per heavy atom. The molecule has 5 rings (SSSR count). The quantitative estimate of drug-likeness (QED) is 0.637. The predicted molar refractivity (Wildman–Crippen MR) is 102 cm³/mol. The molecule has 0 aromatic carbocycles. The highest BCUT2D eigenvalue weighted by molar-refractivity contribution is 7.13. The van der Waals surface area contributed by atoms with Gasteiger partial charge in [0.2, 0.25) is 0 Å². The molecule has 152 valence electrons. The number of nitrogens with zero attached hydrogens (tertiary/aromatic N) is 5. The Hall–Kier alpha value is -2.46. The number of hydrogen-bond donors (Lipinski definition) is 0. The number of aromatic nitrogens is 3. The molecule has 1 amide bonds. The van der Waals surface area contributed by atoms with Gasteiger partial charge in [0.15, 0.2) is 17.0 Å². The Bertz CT molecular complexity index is 1060. The number of piperazine rings is 1. The van der Waals surface area contributed by atoms with Gasteiger partial charge in [0.1, 0.15) is 0 Å². The van der Waals surface area contributed by atoms with Crippen molar-refractivity contribution in [2.75, 3.05) is 26.2 Å². The van der Waals surface area contributed by atoms with Crippen molar-refractivity contribution < 1.29 is 18.0 Å². The normalized spacial score (nSPS) is 20.4. The molecule has 0 N–H and O–H groups in total. The highest BCUT2D eigenvalue weighted by atomic mass is 32.1. The second-order valence-electron chi connectivity index (χ2n) is 7.38. The van der Waals surface area contributed by atoms with Crippen LogP contribution in [0.3, 0.4) is 0 Å². The average Bonchev–Trinajstić information content (AvgIpc) is 3.44. The average molecular weight is 421 g/mol. The van der Waals surface area contributed by atoms with Crippen LogP contribution in [0.25, 0.3) is 16.2 Å². The third-order valence-electron chi connectivity index (χ3n) is 5.58. The summed E-state index contributed by atoms with van der Waals surface area (Å²) in [5, 5.41) is 5.78. The minimum atomic E-state index is -4.62. The fraction of sp³-hybridized carbons (Fsp3) is 0.421. The molecule has 1 atom stereocenters. The molecule has 2 aliphatic heterocycles. The molecule has 5 heterocycles. The fourth-order valence-electron chi connectivity index (χ4n) is 4.17. The van der Waals surface area contributed by atoms with Gasteiger partial charge in [0, 0.05) is 31.7 Å². The summed E-state index contributed by atoms with van der Waals surface area (Å²) in [5.41, 5.74) is -0.701. The molecular formula is C19H18F3N5OS. The van der Waals surface area contributed by atoms with Gasteiger partial charge < -0.3 is 4.90 Å². The first-order valence-corrected chi connectivity index (χ1v) is 10.3. The van der Waals surface area contributed by atoms with Crippen LogP contribution in [0.4, 0.5) is 13.2 Å². The van der Waals surface area contributed by atoms with Gasteiger partial charge in [0.05, 0.1) is 10.6 Å². The molecule has 2 saturated heterocycles. The third-order valence-corrected chi connectivity index (χ3v) is 6.48. The number of thiophene rings is 1. The van der Waals surface area contributed by atoms with E-state index in [2.05, 4.69) is 15.0 Å². The van der Waals surface area contributed by atoms with Gasteiger partial charge in [-0.15, -0.1) is 11.3 Å². The van der Waals surface area contributed by atoms with Gasteiger partial charge in [0.25, 0.3) is 5.91 Å². The Morgan fingerprint density at radius 3 is 2.83 bits per heavy atom. The van der Waals surface area contributed by atoms with Crippen molar-refractivity contribution in [1.29, 1.82) is 0 Å². The van der Waals surface area contributed by atoms with Crippen molar-refractivity contribution in [2.24, 2.45) is 0 Å². The lowest BCUT2D eigenvalue weighted by Gasteiger charge is -2.37. The van der Waals surface area contributed by atoms with Crippen molar-refractivity contribution in [3.63, 3.8) is 0 Å². The summed E-state index contributed by atoms with van der Waals surface area (Å²) in [5.74, 6) is -0.340. The molecule has 6 nitrogen and oxygen atoms in total. The van der Waals surface area contributed by atoms with Crippen LogP contribution in [-0.2, 0) is 6.18 Å². The fourth-order valence-corrected chi connectivity index (χ4v) is 4.86. The van der Waals surface area contributed by atoms with Crippen LogP contribution in [0.1, 0.15) is 29.0 Å². The van der Waals surface area contributed by atoms with E-state index in [0.29, 0.717) is 24.0 Å². The van der Waals surface area contributed by atoms with Gasteiger partial charge in [-0.2, -0.15) is 18.3 Å². The van der Waals surface area contributed by atoms with Gasteiger partial charge in [-0.05, 0) is 36.9 Å². The maximum Gasteiger partial charge on any atom is 0.433 e. The predicted octanol–water partition coefficient (Wildman–Crippen LogP) is 3.40. The molecule has 0 radical (unpaired) electrons. The first-order chi connectivity index (χ1) is 13.9. The van der Waals surface area contributed by atoms with Crippen molar-refractivity contribution in [1.82, 2.24) is 24.4 Å². The second-order valence-corrected chi connectivity index (χ2v) is 8.33. The van der Waals surface area contributed by atoms with Crippen molar-refractivity contribution >= 4 is 22.9 Å². The molecule has 10 heteroatoms. The van der Waals surface area contributed by atoms with E-state index in [9.17, 15) is 18.0 Å². The van der Waals surface area contributed by atoms with Crippen LogP contribution in [-0.4, -0.2) is 62.5 Å². The van der Waals surface area contributed by atoms with Gasteiger partial charge in [-0.3, -0.25) is 9.69 Å². The lowest BCUT2D eigenvalue weighted by molar-refractivity contribution is -0.142. The monoisotopic (exact) mass is 421 g/mol. The first-order valence-electron chi connectivity index (χ1n) is 9.45. The zero-order chi connectivity index (χ0) is 20.2. The highest BCUT2D eigenvalue weighted by Crippen LogP contribution is 2.33. The summed E-state index contributed by atoms with van der Waals surface area (Å²) in [4.78, 5) is 22.0. The lowest BCUT2D eigenvalue weighted by Crippen LogP contribution is -2.52. The molecule has 3 aromatic rings. The number of hydrogen-bond acceptors (Lipinski definition) is 5. The zero-order valence-electron chi connectivity index (χ0n) is 15.4. The summed E-state index contributed by atoms with van der Waals surface area (Å²) < 4.78 is 41.7. The number of carbonyl (C=O) groups is 1. The Labute approximate surface area is 168 Å². The smallest absolute Gasteiger partial charge is 0.334 e. The number of carbonyl (C=O) groups excluding carboxylic acids is 1. The lowest BCUT2D eigenvalue weighted by atomic mass is 10.1. The zero-order valence-corrected chi connectivity index (χ0v) is 16.2. The SMILES string of the molecule is O=C(c1cc2nc(-c3cccs3)cc(C(F)(F)F)n2n1)N1CCN2CCCC2C1. The van der Waals surface area contributed by atoms with Gasteiger partial charge in [-0.25, -0.2) is 9.50 Å². The molecule has 2 aliphatic rings. The Balaban J connectivity index is 1.53. The van der Waals surface area contributed by atoms with Crippen LogP contribution in [0.5, 0.6) is 0 Å². The number of fused-ring (bicyclic) bond motifs is 2. The molecule has 29 heavy (non-hydrogen) atoms. The maximum atomic E-state index is 13.7. The number of alkyl halides is 3. The van der Waals surface area contributed by atoms with E-state index in [1.54, 1.807) is 22.4 Å². The van der Waals surface area contributed by atoms with E-state index in [0.717, 1.165) is 36.5 Å². The van der Waals surface area contributed by atoms with E-state index in [1.807, 2.05) is 0 Å². The molecule has 0 saturated carbocycles. The molecule has 0 aliphatic carbocycles. The minimum absolute atomic E-state index is 0.00206. The topological polar surface area (TPSA) is 53.7 Å². The molecule has 2 fully saturated rings. The van der Waals surface area contributed by atoms with E-state index in [1.165, 1.54) is 17.4 Å². The van der Waals surface area contributed by atoms with Crippen molar-refractivity contribution in [2.45, 2.75) is 25.1 Å². The van der Waals surface area contributed by atoms with E-state index < -0.39 is 11.9 Å². The third kappa shape index (κ3) is 3.29. The summed E-state index contributed by atoms with van der Waals surface area (Å²) in [6, 6.07) is 6.15. The Kier molecular flexibility index (Phi) is 4.36. The second kappa shape index (κ2) is 6.81. The van der Waals surface area contributed by atoms with E-state index in [4.69, 9.17) is 0 Å². The molecule has 3 aromatic heterocycles. The number of rotatable bonds is 2. The van der Waals surface area contributed by atoms with Crippen molar-refractivity contribution in [3.05, 3.63) is 41.0 Å². The summed E-state index contributed by atoms with van der Waals surface area (Å²) in [6.07, 6.45) is -2.46. The van der Waals surface area contributed by atoms with Crippen LogP contribution < -0.4 is 0 Å². The molecular weight excluding hydrogens is 403 g/mol. The minimum Gasteiger partial charge on any atom is -0.334 e. The van der Waals surface area contributed by atoms with Crippen LogP contribution in [0, 0.1) is 0 Å². The van der Waals surface area contributed by atoms with Gasteiger partial charge >= 0.3 is 6.18 Å². The van der Waals surface area contributed by atoms with Gasteiger partial charge in [-0.1, -0.05) is 6.07 Å². The molecule has 1 unspecified atom stereocenters. The van der Waals surface area contributed by atoms with E-state index >= 15 is 0 Å². The summed E-state index contributed by atoms with van der Waals surface area (Å²) in [7, 11) is 0. The largest absolute Gasteiger partial charge is 0.433 e. The number of halogens is 3. The van der Waals surface area contributed by atoms with Crippen LogP contribution in [0.15, 0.2) is 29.6 Å². The Morgan fingerprint density at radius 2 is 2.07 bits per heavy atom. The highest BCUT2D eigenvalue weighted by Gasteiger charge is 2.37. The van der Waals surface area contributed by atoms with Crippen molar-refractivity contribution in [3.8, 4) is 10.6 Å². The number of amides is 1. The maximum absolute atomic E-state index is 13.7. The van der Waals surface area contributed by atoms with Crippen LogP contribution >= 0.6 is 11.3 Å². The summed E-state index contributed by atoms with van der Waals surface area (Å²) in [6.45, 7) is 2.99. The molecule has 0 spiro atoms. The molecule has 0 bridgehead atoms.